The van der Waals surface area contributed by atoms with Gasteiger partial charge < -0.3 is 20.5 Å². The molecule has 3 rings (SSSR count). The van der Waals surface area contributed by atoms with Crippen LogP contribution < -0.4 is 10.6 Å². The molecule has 1 aromatic heterocycles. The Hall–Kier alpha value is -3.14. The minimum Gasteiger partial charge on any atom is -0.476 e. The number of carbonyl (C=O) groups is 3. The molecule has 0 radical (unpaired) electrons. The van der Waals surface area contributed by atoms with Crippen molar-refractivity contribution in [2.24, 2.45) is 0 Å². The van der Waals surface area contributed by atoms with Gasteiger partial charge in [-0.1, -0.05) is 15.9 Å². The van der Waals surface area contributed by atoms with E-state index in [-0.39, 0.29) is 23.4 Å². The number of hydrogen-bond acceptors (Lipinski definition) is 5. The Morgan fingerprint density at radius 1 is 1.32 bits per heavy atom. The molecule has 1 aromatic carbocycles. The number of carboxylic acids is 1. The second kappa shape index (κ2) is 7.85. The number of allylic oxidation sites excluding steroid dienone is 1. The van der Waals surface area contributed by atoms with Crippen LogP contribution in [0.4, 0.5) is 4.79 Å². The smallest absolute Gasteiger partial charge is 0.356 e. The van der Waals surface area contributed by atoms with Gasteiger partial charge in [0.15, 0.2) is 5.69 Å². The summed E-state index contributed by atoms with van der Waals surface area (Å²) in [7, 11) is 0. The fraction of sp³-hybridized carbons (Fsp3) is 0.222. The molecular weight excluding hydrogens is 432 g/mol. The number of benzene rings is 1. The number of halogens is 1. The molecule has 0 unspecified atom stereocenters. The van der Waals surface area contributed by atoms with Crippen LogP contribution >= 0.6 is 15.9 Å². The van der Waals surface area contributed by atoms with Crippen molar-refractivity contribution in [1.82, 2.24) is 20.4 Å². The highest BCUT2D eigenvalue weighted by atomic mass is 79.9. The van der Waals surface area contributed by atoms with Crippen LogP contribution in [0.15, 0.2) is 46.2 Å². The number of amides is 2. The number of hydrogen-bond donors (Lipinski definition) is 3. The van der Waals surface area contributed by atoms with Gasteiger partial charge >= 0.3 is 18.0 Å². The van der Waals surface area contributed by atoms with Crippen molar-refractivity contribution in [3.63, 3.8) is 0 Å². The number of nitrogens with one attached hydrogen (secondary N) is 2. The number of ether oxygens (including phenoxy) is 1. The van der Waals surface area contributed by atoms with Crippen LogP contribution in [0.5, 0.6) is 0 Å². The number of urea groups is 1. The number of aromatic carboxylic acids is 1. The molecule has 2 heterocycles. The fourth-order valence-corrected chi connectivity index (χ4v) is 3.16. The number of nitrogens with zero attached hydrogens (tertiary/aromatic N) is 2. The van der Waals surface area contributed by atoms with E-state index in [9.17, 15) is 19.5 Å². The summed E-state index contributed by atoms with van der Waals surface area (Å²) in [4.78, 5) is 36.2. The molecule has 9 nitrogen and oxygen atoms in total. The molecule has 10 heteroatoms. The van der Waals surface area contributed by atoms with Crippen molar-refractivity contribution in [3.05, 3.63) is 57.5 Å². The van der Waals surface area contributed by atoms with Gasteiger partial charge in [0.1, 0.15) is 0 Å². The maximum atomic E-state index is 12.4. The molecule has 1 aliphatic heterocycles. The summed E-state index contributed by atoms with van der Waals surface area (Å²) in [6, 6.07) is 5.52. The van der Waals surface area contributed by atoms with Crippen LogP contribution in [0, 0.1) is 0 Å². The maximum Gasteiger partial charge on any atom is 0.356 e. The first-order valence-electron chi connectivity index (χ1n) is 8.36. The number of rotatable bonds is 5. The van der Waals surface area contributed by atoms with Gasteiger partial charge in [-0.2, -0.15) is 5.10 Å². The Kier molecular flexibility index (Phi) is 5.50. The van der Waals surface area contributed by atoms with Gasteiger partial charge in [0.2, 0.25) is 0 Å². The summed E-state index contributed by atoms with van der Waals surface area (Å²) in [6.45, 7) is 3.35. The molecule has 1 atom stereocenters. The molecule has 2 aromatic rings. The Labute approximate surface area is 168 Å². The first kappa shape index (κ1) is 19.6. The lowest BCUT2D eigenvalue weighted by Crippen LogP contribution is -2.45. The zero-order valence-electron chi connectivity index (χ0n) is 15.0. The standard InChI is InChI=1S/C18H17BrN4O5/c1-3-28-17(26)13-9(2)20-18(27)21-14(13)12-8-23(22-15(12)16(24)25)11-6-4-10(19)5-7-11/h4-8,14H,3H2,1-2H3,(H,24,25)(H2,20,21,27)/t14-/m1/s1. The average molecular weight is 449 g/mol. The molecule has 28 heavy (non-hydrogen) atoms. The molecule has 0 saturated carbocycles. The lowest BCUT2D eigenvalue weighted by Gasteiger charge is -2.27. The van der Waals surface area contributed by atoms with E-state index in [1.54, 1.807) is 38.1 Å². The molecule has 0 saturated heterocycles. The number of esters is 1. The third-order valence-corrected chi connectivity index (χ3v) is 4.64. The molecule has 146 valence electrons. The quantitative estimate of drug-likeness (QED) is 0.603. The molecule has 0 spiro atoms. The SMILES string of the molecule is CCOC(=O)C1=C(C)NC(=O)N[C@@H]1c1cn(-c2ccc(Br)cc2)nc1C(=O)O. The van der Waals surface area contributed by atoms with E-state index in [0.717, 1.165) is 4.47 Å². The number of carboxylic acid groups (broad SMARTS) is 1. The van der Waals surface area contributed by atoms with Gasteiger partial charge in [0, 0.05) is 21.9 Å². The molecule has 0 fully saturated rings. The minimum absolute atomic E-state index is 0.124. The Morgan fingerprint density at radius 2 is 2.00 bits per heavy atom. The monoisotopic (exact) mass is 448 g/mol. The summed E-state index contributed by atoms with van der Waals surface area (Å²) in [5, 5.41) is 18.8. The van der Waals surface area contributed by atoms with Crippen LogP contribution in [-0.2, 0) is 9.53 Å². The predicted octanol–water partition coefficient (Wildman–Crippen LogP) is 2.52. The average Bonchev–Trinajstić information content (AvgIpc) is 3.07. The lowest BCUT2D eigenvalue weighted by molar-refractivity contribution is -0.139. The van der Waals surface area contributed by atoms with Crippen molar-refractivity contribution < 1.29 is 24.2 Å². The summed E-state index contributed by atoms with van der Waals surface area (Å²) < 4.78 is 7.32. The van der Waals surface area contributed by atoms with Crippen molar-refractivity contribution in [3.8, 4) is 5.69 Å². The Balaban J connectivity index is 2.13. The van der Waals surface area contributed by atoms with E-state index in [4.69, 9.17) is 4.74 Å². The second-order valence-electron chi connectivity index (χ2n) is 5.95. The van der Waals surface area contributed by atoms with E-state index in [2.05, 4.69) is 31.7 Å². The minimum atomic E-state index is -1.28. The molecule has 2 amide bonds. The van der Waals surface area contributed by atoms with Crippen LogP contribution in [0.3, 0.4) is 0 Å². The van der Waals surface area contributed by atoms with Crippen LogP contribution in [0.25, 0.3) is 5.69 Å². The van der Waals surface area contributed by atoms with Crippen LogP contribution in [-0.4, -0.2) is 39.5 Å². The Morgan fingerprint density at radius 3 is 2.61 bits per heavy atom. The lowest BCUT2D eigenvalue weighted by atomic mass is 9.96. The van der Waals surface area contributed by atoms with Crippen LogP contribution in [0.1, 0.15) is 35.9 Å². The zero-order chi connectivity index (χ0) is 20.4. The van der Waals surface area contributed by atoms with Gasteiger partial charge in [0.05, 0.1) is 23.9 Å². The third-order valence-electron chi connectivity index (χ3n) is 4.11. The molecule has 0 aliphatic carbocycles. The number of carbonyl (C=O) groups excluding carboxylic acids is 2. The predicted molar refractivity (Wildman–Crippen MR) is 102 cm³/mol. The van der Waals surface area contributed by atoms with Crippen molar-refractivity contribution in [1.29, 1.82) is 0 Å². The fourth-order valence-electron chi connectivity index (χ4n) is 2.90. The number of aromatic nitrogens is 2. The molecular formula is C18H17BrN4O5. The van der Waals surface area contributed by atoms with Gasteiger partial charge in [-0.3, -0.25) is 0 Å². The van der Waals surface area contributed by atoms with Crippen molar-refractivity contribution >= 4 is 33.9 Å². The zero-order valence-corrected chi connectivity index (χ0v) is 16.6. The highest BCUT2D eigenvalue weighted by Gasteiger charge is 2.36. The normalized spacial score (nSPS) is 16.4. The van der Waals surface area contributed by atoms with Gasteiger partial charge in [-0.15, -0.1) is 0 Å². The first-order chi connectivity index (χ1) is 13.3. The van der Waals surface area contributed by atoms with E-state index >= 15 is 0 Å². The van der Waals surface area contributed by atoms with Crippen molar-refractivity contribution in [2.45, 2.75) is 19.9 Å². The van der Waals surface area contributed by atoms with Crippen molar-refractivity contribution in [2.75, 3.05) is 6.61 Å². The highest BCUT2D eigenvalue weighted by molar-refractivity contribution is 9.10. The van der Waals surface area contributed by atoms with Gasteiger partial charge in [-0.25, -0.2) is 19.1 Å². The maximum absolute atomic E-state index is 12.4. The summed E-state index contributed by atoms with van der Waals surface area (Å²) >= 11 is 3.34. The van der Waals surface area contributed by atoms with Gasteiger partial charge in [-0.05, 0) is 38.1 Å². The van der Waals surface area contributed by atoms with Crippen LogP contribution in [0.2, 0.25) is 0 Å². The van der Waals surface area contributed by atoms with E-state index in [1.807, 2.05) is 0 Å². The summed E-state index contributed by atoms with van der Waals surface area (Å²) in [5.74, 6) is -1.93. The largest absolute Gasteiger partial charge is 0.476 e. The Bertz CT molecular complexity index is 980. The first-order valence-corrected chi connectivity index (χ1v) is 9.15. The molecule has 1 aliphatic rings. The summed E-state index contributed by atoms with van der Waals surface area (Å²) in [6.07, 6.45) is 1.48. The van der Waals surface area contributed by atoms with E-state index < -0.39 is 24.0 Å². The summed E-state index contributed by atoms with van der Waals surface area (Å²) in [5.41, 5.74) is 0.937. The topological polar surface area (TPSA) is 123 Å². The second-order valence-corrected chi connectivity index (χ2v) is 6.87. The van der Waals surface area contributed by atoms with E-state index in [0.29, 0.717) is 11.4 Å². The third kappa shape index (κ3) is 3.77. The van der Waals surface area contributed by atoms with E-state index in [1.165, 1.54) is 10.9 Å². The highest BCUT2D eigenvalue weighted by Crippen LogP contribution is 2.30. The molecule has 0 bridgehead atoms. The van der Waals surface area contributed by atoms with Gasteiger partial charge in [0.25, 0.3) is 0 Å². The molecule has 3 N–H and O–H groups in total.